The van der Waals surface area contributed by atoms with Gasteiger partial charge in [-0.25, -0.2) is 9.59 Å². The van der Waals surface area contributed by atoms with Crippen LogP contribution in [0.2, 0.25) is 0 Å². The molecule has 0 radical (unpaired) electrons. The molecule has 1 saturated heterocycles. The second kappa shape index (κ2) is 12.3. The van der Waals surface area contributed by atoms with Gasteiger partial charge in [-0.3, -0.25) is 9.69 Å². The number of ether oxygens (including phenoxy) is 2. The van der Waals surface area contributed by atoms with Gasteiger partial charge in [-0.15, -0.1) is 9.89 Å². The summed E-state index contributed by atoms with van der Waals surface area (Å²) >= 11 is 0. The maximum Gasteiger partial charge on any atom is 0.431 e. The summed E-state index contributed by atoms with van der Waals surface area (Å²) in [5.74, 6) is -1.05. The third-order valence-corrected chi connectivity index (χ3v) is 6.66. The van der Waals surface area contributed by atoms with Crippen molar-refractivity contribution in [1.82, 2.24) is 24.9 Å². The smallest absolute Gasteiger partial charge is 0.431 e. The molecule has 11 nitrogen and oxygen atoms in total. The van der Waals surface area contributed by atoms with Crippen LogP contribution in [0.25, 0.3) is 0 Å². The van der Waals surface area contributed by atoms with Gasteiger partial charge in [-0.05, 0) is 44.0 Å². The zero-order chi connectivity index (χ0) is 28.9. The minimum atomic E-state index is -1.04. The zero-order valence-corrected chi connectivity index (χ0v) is 23.6. The Morgan fingerprint density at radius 1 is 0.900 bits per heavy atom. The van der Waals surface area contributed by atoms with E-state index in [1.165, 1.54) is 24.4 Å². The summed E-state index contributed by atoms with van der Waals surface area (Å²) in [7, 11) is 1.21. The van der Waals surface area contributed by atoms with Gasteiger partial charge < -0.3 is 14.4 Å². The van der Waals surface area contributed by atoms with Crippen LogP contribution >= 0.6 is 0 Å². The summed E-state index contributed by atoms with van der Waals surface area (Å²) in [5.41, 5.74) is 1.41. The Hall–Kier alpha value is -4.25. The molecule has 0 aliphatic carbocycles. The van der Waals surface area contributed by atoms with Gasteiger partial charge in [0.25, 0.3) is 0 Å². The highest BCUT2D eigenvalue weighted by atomic mass is 16.6. The molecular formula is C29H36N6O5. The highest BCUT2D eigenvalue weighted by molar-refractivity contribution is 5.93. The Kier molecular flexibility index (Phi) is 8.83. The normalized spacial score (nSPS) is 15.0. The molecule has 1 aromatic heterocycles. The molecule has 1 aliphatic heterocycles. The van der Waals surface area contributed by atoms with E-state index in [9.17, 15) is 14.4 Å². The third-order valence-electron chi connectivity index (χ3n) is 6.66. The van der Waals surface area contributed by atoms with Crippen molar-refractivity contribution in [2.75, 3.05) is 38.3 Å². The highest BCUT2D eigenvalue weighted by Gasteiger charge is 2.38. The molecule has 11 heteroatoms. The molecule has 1 atom stereocenters. The lowest BCUT2D eigenvalue weighted by Crippen LogP contribution is -2.59. The van der Waals surface area contributed by atoms with Gasteiger partial charge in [-0.2, -0.15) is 5.01 Å². The number of hydrogen-bond acceptors (Lipinski definition) is 8. The van der Waals surface area contributed by atoms with Crippen molar-refractivity contribution in [2.45, 2.75) is 45.4 Å². The number of rotatable bonds is 7. The first-order valence-electron chi connectivity index (χ1n) is 13.2. The summed E-state index contributed by atoms with van der Waals surface area (Å²) in [6.45, 7) is 8.92. The van der Waals surface area contributed by atoms with Crippen LogP contribution in [-0.2, 0) is 14.3 Å². The Morgan fingerprint density at radius 3 is 1.95 bits per heavy atom. The highest BCUT2D eigenvalue weighted by Crippen LogP contribution is 2.29. The van der Waals surface area contributed by atoms with Gasteiger partial charge in [-0.1, -0.05) is 60.7 Å². The molecule has 1 fully saturated rings. The van der Waals surface area contributed by atoms with Gasteiger partial charge in [0, 0.05) is 26.2 Å². The first-order valence-corrected chi connectivity index (χ1v) is 13.2. The molecule has 212 valence electrons. The van der Waals surface area contributed by atoms with E-state index < -0.39 is 23.7 Å². The number of hydrogen-bond donors (Lipinski definition) is 0. The number of esters is 1. The number of nitrogens with zero attached hydrogens (tertiary/aromatic N) is 6. The monoisotopic (exact) mass is 548 g/mol. The summed E-state index contributed by atoms with van der Waals surface area (Å²) in [5, 5.41) is 8.67. The molecule has 0 spiro atoms. The van der Waals surface area contributed by atoms with E-state index in [1.807, 2.05) is 36.4 Å². The molecule has 0 bridgehead atoms. The molecule has 0 N–H and O–H groups in total. The summed E-state index contributed by atoms with van der Waals surface area (Å²) in [6.07, 6.45) is 0.336. The first-order chi connectivity index (χ1) is 19.1. The molecule has 40 heavy (non-hydrogen) atoms. The lowest BCUT2D eigenvalue weighted by molar-refractivity contribution is -0.134. The Balaban J connectivity index is 1.54. The second-order valence-electron chi connectivity index (χ2n) is 10.6. The summed E-state index contributed by atoms with van der Waals surface area (Å²) in [4.78, 5) is 44.4. The van der Waals surface area contributed by atoms with Gasteiger partial charge in [0.1, 0.15) is 11.6 Å². The second-order valence-corrected chi connectivity index (χ2v) is 10.6. The maximum absolute atomic E-state index is 13.8. The van der Waals surface area contributed by atoms with Crippen LogP contribution in [0, 0.1) is 0 Å². The number of piperazine rings is 1. The number of benzene rings is 2. The van der Waals surface area contributed by atoms with E-state index >= 15 is 0 Å². The van der Waals surface area contributed by atoms with E-state index in [1.54, 1.807) is 32.6 Å². The molecule has 3 aromatic rings. The molecule has 4 rings (SSSR count). The Morgan fingerprint density at radius 2 is 1.45 bits per heavy atom. The van der Waals surface area contributed by atoms with Crippen LogP contribution < -0.4 is 5.01 Å². The van der Waals surface area contributed by atoms with Crippen LogP contribution in [0.1, 0.15) is 55.4 Å². The van der Waals surface area contributed by atoms with Crippen molar-refractivity contribution in [3.8, 4) is 0 Å². The Bertz CT molecular complexity index is 1260. The molecule has 2 aromatic carbocycles. The van der Waals surface area contributed by atoms with Crippen LogP contribution in [-0.4, -0.2) is 87.8 Å². The average molecular weight is 549 g/mol. The van der Waals surface area contributed by atoms with Gasteiger partial charge >= 0.3 is 12.1 Å². The molecule has 1 aliphatic rings. The standard InChI is InChI=1S/C29H36N6O5/c1-21(34(28(38)40-29(2,3)4)35-24(20-30-31-35)27(37)39-5)26(36)33-18-16-32(17-19-33)25(22-12-8-6-9-13-22)23-14-10-7-11-15-23/h6-15,20-21,25H,16-19H2,1-5H3/t21-/m0/s1. The fourth-order valence-corrected chi connectivity index (χ4v) is 4.79. The van der Waals surface area contributed by atoms with Crippen LogP contribution in [0.5, 0.6) is 0 Å². The number of amides is 2. The molecule has 0 saturated carbocycles. The van der Waals surface area contributed by atoms with Crippen molar-refractivity contribution < 1.29 is 23.9 Å². The maximum atomic E-state index is 13.8. The molecule has 0 unspecified atom stereocenters. The predicted molar refractivity (Wildman–Crippen MR) is 148 cm³/mol. The summed E-state index contributed by atoms with van der Waals surface area (Å²) < 4.78 is 10.4. The van der Waals surface area contributed by atoms with Crippen molar-refractivity contribution in [2.24, 2.45) is 0 Å². The number of methoxy groups -OCH3 is 1. The SMILES string of the molecule is COC(=O)c1cnnn1N(C(=O)OC(C)(C)C)[C@@H](C)C(=O)N1CCN(C(c2ccccc2)c2ccccc2)CC1. The largest absolute Gasteiger partial charge is 0.464 e. The lowest BCUT2D eigenvalue weighted by Gasteiger charge is -2.41. The van der Waals surface area contributed by atoms with Gasteiger partial charge in [0.05, 0.1) is 19.3 Å². The zero-order valence-electron chi connectivity index (χ0n) is 23.6. The van der Waals surface area contributed by atoms with Crippen molar-refractivity contribution >= 4 is 18.0 Å². The topological polar surface area (TPSA) is 110 Å². The van der Waals surface area contributed by atoms with Crippen LogP contribution in [0.4, 0.5) is 4.79 Å². The summed E-state index contributed by atoms with van der Waals surface area (Å²) in [6, 6.07) is 19.6. The Labute approximate surface area is 234 Å². The van der Waals surface area contributed by atoms with Crippen molar-refractivity contribution in [1.29, 1.82) is 0 Å². The van der Waals surface area contributed by atoms with E-state index in [4.69, 9.17) is 9.47 Å². The van der Waals surface area contributed by atoms with E-state index in [2.05, 4.69) is 39.5 Å². The lowest BCUT2D eigenvalue weighted by atomic mass is 9.96. The fourth-order valence-electron chi connectivity index (χ4n) is 4.79. The average Bonchev–Trinajstić information content (AvgIpc) is 3.42. The number of carbonyl (C=O) groups excluding carboxylic acids is 3. The van der Waals surface area contributed by atoms with Crippen LogP contribution in [0.3, 0.4) is 0 Å². The van der Waals surface area contributed by atoms with Gasteiger partial charge in [0.15, 0.2) is 5.69 Å². The quantitative estimate of drug-likeness (QED) is 0.414. The van der Waals surface area contributed by atoms with E-state index in [0.29, 0.717) is 26.2 Å². The van der Waals surface area contributed by atoms with Crippen molar-refractivity contribution in [3.63, 3.8) is 0 Å². The van der Waals surface area contributed by atoms with E-state index in [-0.39, 0.29) is 17.6 Å². The van der Waals surface area contributed by atoms with E-state index in [0.717, 1.165) is 9.80 Å². The molecule has 2 amide bonds. The molecular weight excluding hydrogens is 512 g/mol. The predicted octanol–water partition coefficient (Wildman–Crippen LogP) is 3.26. The minimum absolute atomic E-state index is 0.0492. The fraction of sp³-hybridized carbons (Fsp3) is 0.414. The van der Waals surface area contributed by atoms with Crippen LogP contribution in [0.15, 0.2) is 66.9 Å². The van der Waals surface area contributed by atoms with Crippen molar-refractivity contribution in [3.05, 3.63) is 83.7 Å². The minimum Gasteiger partial charge on any atom is -0.464 e. The number of carbonyl (C=O) groups is 3. The first kappa shape index (κ1) is 28.8. The molecule has 2 heterocycles. The number of aromatic nitrogens is 3. The van der Waals surface area contributed by atoms with Gasteiger partial charge in [0.2, 0.25) is 5.91 Å². The third kappa shape index (κ3) is 6.48.